The minimum Gasteiger partial charge on any atom is -0.248 e. The number of hydrogen-bond acceptors (Lipinski definition) is 1. The lowest BCUT2D eigenvalue weighted by Crippen LogP contribution is -1.92. The van der Waals surface area contributed by atoms with Crippen LogP contribution in [-0.2, 0) is 6.42 Å². The fraction of sp³-hybridized carbons (Fsp3) is 0.0192. The van der Waals surface area contributed by atoms with Gasteiger partial charge in [-0.1, -0.05) is 164 Å². The van der Waals surface area contributed by atoms with E-state index in [-0.39, 0.29) is 0 Å². The summed E-state index contributed by atoms with van der Waals surface area (Å²) in [5.74, 6) is 0. The van der Waals surface area contributed by atoms with Gasteiger partial charge < -0.3 is 0 Å². The van der Waals surface area contributed by atoms with E-state index in [1.54, 1.807) is 0 Å². The van der Waals surface area contributed by atoms with Crippen molar-refractivity contribution in [3.8, 4) is 67.0 Å². The summed E-state index contributed by atoms with van der Waals surface area (Å²) in [5.41, 5.74) is 16.6. The Balaban J connectivity index is 1.04. The van der Waals surface area contributed by atoms with E-state index in [4.69, 9.17) is 4.98 Å². The molecule has 10 rings (SSSR count). The Labute approximate surface area is 310 Å². The second kappa shape index (κ2) is 13.1. The standard InChI is InChI=1S/C52H35N/c1-4-13-35(14-5-1)42-25-27-47-48-28-26-43(32-50(48)46-24-12-23-45(46)49(47)31-42)40-21-10-19-38(29-40)39-20-11-22-41(30-39)44-33-51(36-15-6-2-7-16-36)53-52(34-44)37-17-8-3-9-18-37/h1-23,25-34H,24H2. The minimum atomic E-state index is 0.959. The van der Waals surface area contributed by atoms with Crippen LogP contribution in [0, 0.1) is 0 Å². The first-order valence-corrected chi connectivity index (χ1v) is 18.3. The average Bonchev–Trinajstić information content (AvgIpc) is 3.75. The Morgan fingerprint density at radius 1 is 0.302 bits per heavy atom. The summed E-state index contributed by atoms with van der Waals surface area (Å²) >= 11 is 0. The van der Waals surface area contributed by atoms with Crippen molar-refractivity contribution in [2.45, 2.75) is 6.42 Å². The Kier molecular flexibility index (Phi) is 7.62. The molecule has 0 spiro atoms. The van der Waals surface area contributed by atoms with Gasteiger partial charge >= 0.3 is 0 Å². The van der Waals surface area contributed by atoms with E-state index in [0.717, 1.165) is 34.5 Å². The summed E-state index contributed by atoms with van der Waals surface area (Å²) in [5, 5.41) is 5.30. The zero-order valence-corrected chi connectivity index (χ0v) is 29.2. The van der Waals surface area contributed by atoms with E-state index in [0.29, 0.717) is 0 Å². The summed E-state index contributed by atoms with van der Waals surface area (Å²) in [6, 6.07) is 67.9. The molecule has 0 saturated carbocycles. The van der Waals surface area contributed by atoms with E-state index in [1.807, 2.05) is 12.1 Å². The van der Waals surface area contributed by atoms with Crippen molar-refractivity contribution in [1.29, 1.82) is 0 Å². The fourth-order valence-corrected chi connectivity index (χ4v) is 8.00. The third-order valence-corrected chi connectivity index (χ3v) is 10.7. The van der Waals surface area contributed by atoms with Gasteiger partial charge in [0.1, 0.15) is 0 Å². The van der Waals surface area contributed by atoms with Gasteiger partial charge in [0, 0.05) is 11.1 Å². The fourth-order valence-electron chi connectivity index (χ4n) is 8.00. The highest BCUT2D eigenvalue weighted by molar-refractivity contribution is 6.15. The van der Waals surface area contributed by atoms with Crippen molar-refractivity contribution in [1.82, 2.24) is 4.98 Å². The van der Waals surface area contributed by atoms with Crippen molar-refractivity contribution < 1.29 is 0 Å². The summed E-state index contributed by atoms with van der Waals surface area (Å²) < 4.78 is 0. The number of rotatable bonds is 6. The summed E-state index contributed by atoms with van der Waals surface area (Å²) in [4.78, 5) is 5.10. The second-order valence-electron chi connectivity index (χ2n) is 13.9. The third kappa shape index (κ3) is 5.73. The minimum absolute atomic E-state index is 0.959. The summed E-state index contributed by atoms with van der Waals surface area (Å²) in [7, 11) is 0. The molecule has 0 N–H and O–H groups in total. The molecule has 53 heavy (non-hydrogen) atoms. The molecule has 1 nitrogen and oxygen atoms in total. The molecule has 1 aliphatic carbocycles. The smallest absolute Gasteiger partial charge is 0.0715 e. The molecular weight excluding hydrogens is 639 g/mol. The quantitative estimate of drug-likeness (QED) is 0.160. The number of hydrogen-bond donors (Lipinski definition) is 0. The molecule has 1 heterocycles. The molecule has 0 amide bonds. The van der Waals surface area contributed by atoms with Gasteiger partial charge in [0.15, 0.2) is 0 Å². The SMILES string of the molecule is C1=Cc2c(c3cc(-c4cccc(-c5cccc(-c6cc(-c7ccccc7)nc(-c7ccccc7)c6)c5)c4)ccc3c3ccc(-c4ccccc4)cc23)C1. The van der Waals surface area contributed by atoms with Crippen molar-refractivity contribution in [3.63, 3.8) is 0 Å². The molecule has 0 unspecified atom stereocenters. The molecule has 0 radical (unpaired) electrons. The van der Waals surface area contributed by atoms with Crippen LogP contribution in [0.15, 0.2) is 194 Å². The third-order valence-electron chi connectivity index (χ3n) is 10.7. The molecule has 0 atom stereocenters. The number of pyridine rings is 1. The monoisotopic (exact) mass is 673 g/mol. The van der Waals surface area contributed by atoms with Crippen LogP contribution < -0.4 is 0 Å². The van der Waals surface area contributed by atoms with Crippen LogP contribution in [0.4, 0.5) is 0 Å². The Bertz CT molecular complexity index is 2770. The zero-order valence-electron chi connectivity index (χ0n) is 29.2. The van der Waals surface area contributed by atoms with Gasteiger partial charge in [-0.2, -0.15) is 0 Å². The van der Waals surface area contributed by atoms with Gasteiger partial charge in [0.05, 0.1) is 11.4 Å². The van der Waals surface area contributed by atoms with E-state index >= 15 is 0 Å². The number of benzene rings is 8. The Hall–Kier alpha value is -6.83. The van der Waals surface area contributed by atoms with E-state index < -0.39 is 0 Å². The van der Waals surface area contributed by atoms with Crippen molar-refractivity contribution >= 4 is 27.6 Å². The molecule has 0 bridgehead atoms. The van der Waals surface area contributed by atoms with E-state index in [1.165, 1.54) is 71.6 Å². The zero-order chi connectivity index (χ0) is 35.1. The predicted octanol–water partition coefficient (Wildman–Crippen LogP) is 14.0. The van der Waals surface area contributed by atoms with Crippen LogP contribution >= 0.6 is 0 Å². The molecular formula is C52H35N. The van der Waals surface area contributed by atoms with E-state index in [9.17, 15) is 0 Å². The van der Waals surface area contributed by atoms with Crippen LogP contribution in [0.1, 0.15) is 11.1 Å². The van der Waals surface area contributed by atoms with Crippen molar-refractivity contribution in [2.75, 3.05) is 0 Å². The number of fused-ring (bicyclic) bond motifs is 6. The van der Waals surface area contributed by atoms with Gasteiger partial charge in [-0.25, -0.2) is 4.98 Å². The highest BCUT2D eigenvalue weighted by atomic mass is 14.7. The summed E-state index contributed by atoms with van der Waals surface area (Å²) in [6.45, 7) is 0. The molecule has 1 aliphatic rings. The molecule has 0 fully saturated rings. The lowest BCUT2D eigenvalue weighted by Gasteiger charge is -2.15. The molecule has 9 aromatic rings. The van der Waals surface area contributed by atoms with Gasteiger partial charge in [0.25, 0.3) is 0 Å². The number of nitrogens with zero attached hydrogens (tertiary/aromatic N) is 1. The first kappa shape index (κ1) is 30.9. The molecule has 248 valence electrons. The highest BCUT2D eigenvalue weighted by Crippen LogP contribution is 2.41. The molecule has 0 aliphatic heterocycles. The Morgan fingerprint density at radius 3 is 1.30 bits per heavy atom. The van der Waals surface area contributed by atoms with Crippen LogP contribution in [0.3, 0.4) is 0 Å². The van der Waals surface area contributed by atoms with Gasteiger partial charge in [0.2, 0.25) is 0 Å². The maximum Gasteiger partial charge on any atom is 0.0715 e. The normalized spacial score (nSPS) is 12.0. The first-order valence-electron chi connectivity index (χ1n) is 18.3. The van der Waals surface area contributed by atoms with Crippen molar-refractivity contribution in [3.05, 3.63) is 205 Å². The van der Waals surface area contributed by atoms with Crippen molar-refractivity contribution in [2.24, 2.45) is 0 Å². The second-order valence-corrected chi connectivity index (χ2v) is 13.9. The lowest BCUT2D eigenvalue weighted by atomic mass is 9.89. The van der Waals surface area contributed by atoms with Gasteiger partial charge in [-0.15, -0.1) is 0 Å². The van der Waals surface area contributed by atoms with Gasteiger partial charge in [-0.05, 0) is 120 Å². The average molecular weight is 674 g/mol. The summed E-state index contributed by atoms with van der Waals surface area (Å²) in [6.07, 6.45) is 5.59. The topological polar surface area (TPSA) is 12.9 Å². The Morgan fingerprint density at radius 2 is 0.736 bits per heavy atom. The first-order chi connectivity index (χ1) is 26.2. The number of aromatic nitrogens is 1. The number of allylic oxidation sites excluding steroid dienone is 1. The molecule has 1 aromatic heterocycles. The van der Waals surface area contributed by atoms with Crippen LogP contribution in [0.5, 0.6) is 0 Å². The predicted molar refractivity (Wildman–Crippen MR) is 225 cm³/mol. The maximum absolute atomic E-state index is 5.10. The van der Waals surface area contributed by atoms with Crippen LogP contribution in [0.25, 0.3) is 94.6 Å². The maximum atomic E-state index is 5.10. The molecule has 8 aromatic carbocycles. The largest absolute Gasteiger partial charge is 0.248 e. The lowest BCUT2D eigenvalue weighted by molar-refractivity contribution is 1.32. The van der Waals surface area contributed by atoms with E-state index in [2.05, 4.69) is 188 Å². The van der Waals surface area contributed by atoms with Gasteiger partial charge in [-0.3, -0.25) is 0 Å². The molecule has 1 heteroatoms. The van der Waals surface area contributed by atoms with Crippen LogP contribution in [0.2, 0.25) is 0 Å². The highest BCUT2D eigenvalue weighted by Gasteiger charge is 2.17. The van der Waals surface area contributed by atoms with Crippen LogP contribution in [-0.4, -0.2) is 4.98 Å². The molecule has 0 saturated heterocycles.